The maximum atomic E-state index is 6.46. The average molecular weight is 397 g/mol. The van der Waals surface area contributed by atoms with E-state index < -0.39 is 8.67 Å². The molecule has 0 saturated carbocycles. The standard InChI is InChI=1S/C14H16Cl6/c15-11-9(5-1-3-7-13(11,17)18)10-6-2-4-8-14(19,20)12(10)16/h1-8H2. The maximum absolute atomic E-state index is 6.46. The second kappa shape index (κ2) is 6.77. The van der Waals surface area contributed by atoms with Crippen molar-refractivity contribution >= 4 is 69.6 Å². The predicted octanol–water partition coefficient (Wildman–Crippen LogP) is 7.47. The van der Waals surface area contributed by atoms with Gasteiger partial charge in [-0.05, 0) is 62.5 Å². The molecule has 0 aromatic carbocycles. The Balaban J connectivity index is 2.51. The van der Waals surface area contributed by atoms with Crippen LogP contribution in [0.4, 0.5) is 0 Å². The van der Waals surface area contributed by atoms with Gasteiger partial charge in [-0.15, -0.1) is 0 Å². The Bertz CT molecular complexity index is 405. The lowest BCUT2D eigenvalue weighted by Crippen LogP contribution is -2.16. The van der Waals surface area contributed by atoms with Gasteiger partial charge in [-0.25, -0.2) is 0 Å². The van der Waals surface area contributed by atoms with Crippen molar-refractivity contribution in [3.8, 4) is 0 Å². The monoisotopic (exact) mass is 394 g/mol. The van der Waals surface area contributed by atoms with E-state index in [0.29, 0.717) is 22.9 Å². The van der Waals surface area contributed by atoms with Crippen molar-refractivity contribution in [2.45, 2.75) is 60.0 Å². The zero-order chi connectivity index (χ0) is 15.0. The Kier molecular flexibility index (Phi) is 5.95. The molecular formula is C14H16Cl6. The van der Waals surface area contributed by atoms with Gasteiger partial charge in [0.2, 0.25) is 0 Å². The first kappa shape index (κ1) is 17.6. The Morgan fingerprint density at radius 2 is 0.950 bits per heavy atom. The van der Waals surface area contributed by atoms with Gasteiger partial charge in [-0.1, -0.05) is 69.6 Å². The molecule has 0 amide bonds. The van der Waals surface area contributed by atoms with Crippen molar-refractivity contribution in [1.29, 1.82) is 0 Å². The summed E-state index contributed by atoms with van der Waals surface area (Å²) in [6, 6.07) is 0. The molecule has 0 aromatic rings. The highest BCUT2D eigenvalue weighted by atomic mass is 35.5. The summed E-state index contributed by atoms with van der Waals surface area (Å²) in [4.78, 5) is 0. The van der Waals surface area contributed by atoms with Gasteiger partial charge < -0.3 is 0 Å². The SMILES string of the molecule is ClC1=C(C2=C(Cl)C(Cl)(Cl)CCCC2)CCCCC1(Cl)Cl. The lowest BCUT2D eigenvalue weighted by molar-refractivity contribution is 0.684. The lowest BCUT2D eigenvalue weighted by atomic mass is 9.97. The van der Waals surface area contributed by atoms with Gasteiger partial charge in [0.05, 0.1) is 10.1 Å². The maximum Gasteiger partial charge on any atom is 0.153 e. The van der Waals surface area contributed by atoms with E-state index in [1.54, 1.807) is 0 Å². The fourth-order valence-corrected chi connectivity index (χ4v) is 4.34. The average Bonchev–Trinajstić information content (AvgIpc) is 2.57. The first-order chi connectivity index (χ1) is 9.26. The summed E-state index contributed by atoms with van der Waals surface area (Å²) in [5.74, 6) is 0. The van der Waals surface area contributed by atoms with Crippen LogP contribution < -0.4 is 0 Å². The van der Waals surface area contributed by atoms with Gasteiger partial charge in [-0.3, -0.25) is 0 Å². The molecule has 2 aliphatic carbocycles. The fraction of sp³-hybridized carbons (Fsp3) is 0.714. The minimum atomic E-state index is -1.04. The molecule has 0 bridgehead atoms. The zero-order valence-electron chi connectivity index (χ0n) is 10.9. The molecule has 114 valence electrons. The minimum Gasteiger partial charge on any atom is -0.0953 e. The number of hydrogen-bond donors (Lipinski definition) is 0. The molecule has 2 aliphatic rings. The molecule has 0 saturated heterocycles. The quantitative estimate of drug-likeness (QED) is 0.403. The van der Waals surface area contributed by atoms with E-state index in [1.165, 1.54) is 0 Å². The molecule has 0 heterocycles. The summed E-state index contributed by atoms with van der Waals surface area (Å²) in [5.41, 5.74) is 1.87. The first-order valence-electron chi connectivity index (χ1n) is 6.80. The number of halogens is 6. The molecule has 6 heteroatoms. The van der Waals surface area contributed by atoms with Crippen LogP contribution in [0.5, 0.6) is 0 Å². The summed E-state index contributed by atoms with van der Waals surface area (Å²) in [7, 11) is 0. The van der Waals surface area contributed by atoms with Crippen molar-refractivity contribution in [3.05, 3.63) is 21.2 Å². The van der Waals surface area contributed by atoms with Gasteiger partial charge in [-0.2, -0.15) is 0 Å². The van der Waals surface area contributed by atoms with Crippen molar-refractivity contribution in [2.75, 3.05) is 0 Å². The third-order valence-corrected chi connectivity index (χ3v) is 6.87. The predicted molar refractivity (Wildman–Crippen MR) is 91.6 cm³/mol. The highest BCUT2D eigenvalue weighted by molar-refractivity contribution is 6.57. The molecule has 0 aliphatic heterocycles. The van der Waals surface area contributed by atoms with Crippen molar-refractivity contribution in [1.82, 2.24) is 0 Å². The third kappa shape index (κ3) is 3.76. The van der Waals surface area contributed by atoms with Crippen molar-refractivity contribution in [2.24, 2.45) is 0 Å². The molecular weight excluding hydrogens is 381 g/mol. The third-order valence-electron chi connectivity index (χ3n) is 3.87. The summed E-state index contributed by atoms with van der Waals surface area (Å²) in [6.07, 6.45) is 6.77. The number of hydrogen-bond acceptors (Lipinski definition) is 0. The second-order valence-corrected chi connectivity index (χ2v) is 9.13. The summed E-state index contributed by atoms with van der Waals surface area (Å²) >= 11 is 38.3. The van der Waals surface area contributed by atoms with Gasteiger partial charge >= 0.3 is 0 Å². The summed E-state index contributed by atoms with van der Waals surface area (Å²) < 4.78 is -2.07. The van der Waals surface area contributed by atoms with Crippen LogP contribution in [-0.2, 0) is 0 Å². The molecule has 0 fully saturated rings. The molecule has 2 rings (SSSR count). The van der Waals surface area contributed by atoms with Crippen LogP contribution in [0.25, 0.3) is 0 Å². The second-order valence-electron chi connectivity index (χ2n) is 5.41. The summed E-state index contributed by atoms with van der Waals surface area (Å²) in [5, 5.41) is 0.968. The molecule has 0 radical (unpaired) electrons. The van der Waals surface area contributed by atoms with Gasteiger partial charge in [0.15, 0.2) is 8.67 Å². The zero-order valence-corrected chi connectivity index (χ0v) is 15.5. The topological polar surface area (TPSA) is 0 Å². The van der Waals surface area contributed by atoms with Gasteiger partial charge in [0.1, 0.15) is 0 Å². The molecule has 0 atom stereocenters. The number of allylic oxidation sites excluding steroid dienone is 4. The van der Waals surface area contributed by atoms with Crippen LogP contribution in [0, 0.1) is 0 Å². The van der Waals surface area contributed by atoms with E-state index in [1.807, 2.05) is 0 Å². The first-order valence-corrected chi connectivity index (χ1v) is 9.07. The van der Waals surface area contributed by atoms with Crippen molar-refractivity contribution in [3.63, 3.8) is 0 Å². The van der Waals surface area contributed by atoms with E-state index in [2.05, 4.69) is 0 Å². The highest BCUT2D eigenvalue weighted by Crippen LogP contribution is 2.50. The largest absolute Gasteiger partial charge is 0.153 e. The Morgan fingerprint density at radius 1 is 0.600 bits per heavy atom. The van der Waals surface area contributed by atoms with E-state index >= 15 is 0 Å². The molecule has 0 nitrogen and oxygen atoms in total. The van der Waals surface area contributed by atoms with E-state index in [4.69, 9.17) is 69.6 Å². The van der Waals surface area contributed by atoms with Crippen molar-refractivity contribution < 1.29 is 0 Å². The Labute approximate surface area is 150 Å². The van der Waals surface area contributed by atoms with Crippen LogP contribution in [0.15, 0.2) is 21.2 Å². The van der Waals surface area contributed by atoms with Crippen LogP contribution in [0.1, 0.15) is 51.4 Å². The normalized spacial score (nSPS) is 27.3. The highest BCUT2D eigenvalue weighted by Gasteiger charge is 2.37. The molecule has 20 heavy (non-hydrogen) atoms. The van der Waals surface area contributed by atoms with E-state index in [-0.39, 0.29) is 0 Å². The lowest BCUT2D eigenvalue weighted by Gasteiger charge is -2.23. The Hall–Kier alpha value is 1.22. The molecule has 0 N–H and O–H groups in total. The van der Waals surface area contributed by atoms with Crippen LogP contribution >= 0.6 is 69.6 Å². The number of alkyl halides is 4. The summed E-state index contributed by atoms with van der Waals surface area (Å²) in [6.45, 7) is 0. The van der Waals surface area contributed by atoms with E-state index in [9.17, 15) is 0 Å². The molecule has 0 spiro atoms. The Morgan fingerprint density at radius 3 is 1.30 bits per heavy atom. The smallest absolute Gasteiger partial charge is 0.0953 e. The van der Waals surface area contributed by atoms with Crippen LogP contribution in [-0.4, -0.2) is 8.67 Å². The fourth-order valence-electron chi connectivity index (χ4n) is 2.74. The van der Waals surface area contributed by atoms with Crippen LogP contribution in [0.3, 0.4) is 0 Å². The van der Waals surface area contributed by atoms with Crippen LogP contribution in [0.2, 0.25) is 0 Å². The van der Waals surface area contributed by atoms with Gasteiger partial charge in [0.25, 0.3) is 0 Å². The van der Waals surface area contributed by atoms with E-state index in [0.717, 1.165) is 49.7 Å². The molecule has 0 aromatic heterocycles. The van der Waals surface area contributed by atoms with Gasteiger partial charge in [0, 0.05) is 0 Å². The number of rotatable bonds is 1. The molecule has 0 unspecified atom stereocenters. The minimum absolute atomic E-state index is 0.484.